The third kappa shape index (κ3) is 3.00. The van der Waals surface area contributed by atoms with Crippen LogP contribution in [0.15, 0.2) is 66.7 Å². The molecule has 3 atom stereocenters. The number of carbonyl (C=O) groups excluding carboxylic acids is 2. The number of nitrogens with zero attached hydrogens (tertiary/aromatic N) is 1. The van der Waals surface area contributed by atoms with Gasteiger partial charge in [-0.3, -0.25) is 14.5 Å². The van der Waals surface area contributed by atoms with Crippen molar-refractivity contribution in [3.8, 4) is 17.2 Å². The predicted molar refractivity (Wildman–Crippen MR) is 123 cm³/mol. The van der Waals surface area contributed by atoms with Crippen molar-refractivity contribution in [2.24, 2.45) is 5.92 Å². The fourth-order valence-electron chi connectivity index (χ4n) is 5.40. The van der Waals surface area contributed by atoms with Crippen LogP contribution in [-0.2, 0) is 10.3 Å². The van der Waals surface area contributed by atoms with Crippen LogP contribution < -0.4 is 10.1 Å². The van der Waals surface area contributed by atoms with Crippen LogP contribution in [-0.4, -0.2) is 47.5 Å². The van der Waals surface area contributed by atoms with Crippen LogP contribution in [0.25, 0.3) is 0 Å². The van der Waals surface area contributed by atoms with Gasteiger partial charge in [0.05, 0.1) is 13.0 Å². The minimum absolute atomic E-state index is 0.175. The number of likely N-dealkylation sites (N-methyl/N-ethyl adjacent to an activating group) is 1. The Hall–Kier alpha value is -3.84. The molecule has 7 heteroatoms. The summed E-state index contributed by atoms with van der Waals surface area (Å²) in [7, 11) is 3.40. The molecule has 1 saturated heterocycles. The number of rotatable bonds is 4. The fourth-order valence-corrected chi connectivity index (χ4v) is 5.40. The molecule has 3 aromatic rings. The molecule has 168 valence electrons. The van der Waals surface area contributed by atoms with E-state index in [2.05, 4.69) is 5.32 Å². The van der Waals surface area contributed by atoms with Gasteiger partial charge in [-0.1, -0.05) is 24.3 Å². The molecule has 0 aliphatic carbocycles. The molecule has 1 amide bonds. The Labute approximate surface area is 191 Å². The van der Waals surface area contributed by atoms with Crippen LogP contribution in [0.2, 0.25) is 0 Å². The highest BCUT2D eigenvalue weighted by atomic mass is 16.5. The Bertz CT molecular complexity index is 1260. The van der Waals surface area contributed by atoms with E-state index in [0.717, 1.165) is 5.56 Å². The number of carbonyl (C=O) groups is 2. The number of para-hydroxylation sites is 1. The van der Waals surface area contributed by atoms with Gasteiger partial charge in [-0.15, -0.1) is 0 Å². The molecule has 2 aliphatic rings. The average molecular weight is 444 g/mol. The van der Waals surface area contributed by atoms with Crippen molar-refractivity contribution >= 4 is 17.4 Å². The average Bonchev–Trinajstić information content (AvgIpc) is 3.30. The number of benzene rings is 3. The molecule has 0 bridgehead atoms. The van der Waals surface area contributed by atoms with E-state index in [9.17, 15) is 19.8 Å². The molecule has 0 aromatic heterocycles. The van der Waals surface area contributed by atoms with E-state index in [-0.39, 0.29) is 23.2 Å². The molecular weight excluding hydrogens is 420 g/mol. The Balaban J connectivity index is 1.70. The molecule has 7 nitrogen and oxygen atoms in total. The number of fused-ring (bicyclic) bond motifs is 2. The monoisotopic (exact) mass is 444 g/mol. The van der Waals surface area contributed by atoms with E-state index < -0.39 is 17.4 Å². The number of nitrogens with one attached hydrogen (secondary N) is 1. The summed E-state index contributed by atoms with van der Waals surface area (Å²) >= 11 is 0. The summed E-state index contributed by atoms with van der Waals surface area (Å²) in [5, 5.41) is 22.9. The first-order valence-corrected chi connectivity index (χ1v) is 10.7. The van der Waals surface area contributed by atoms with E-state index >= 15 is 0 Å². The quantitative estimate of drug-likeness (QED) is 0.421. The largest absolute Gasteiger partial charge is 0.504 e. The number of amides is 1. The van der Waals surface area contributed by atoms with Crippen molar-refractivity contribution in [1.82, 2.24) is 4.90 Å². The number of ketones is 1. The molecule has 3 aromatic carbocycles. The number of phenolic OH excluding ortho intramolecular Hbond substituents is 2. The van der Waals surface area contributed by atoms with Gasteiger partial charge in [0, 0.05) is 29.3 Å². The summed E-state index contributed by atoms with van der Waals surface area (Å²) in [4.78, 5) is 29.6. The number of phenols is 2. The lowest BCUT2D eigenvalue weighted by Crippen LogP contribution is -2.51. The zero-order chi connectivity index (χ0) is 23.3. The number of hydrogen-bond acceptors (Lipinski definition) is 6. The van der Waals surface area contributed by atoms with Gasteiger partial charge in [0.1, 0.15) is 11.3 Å². The van der Waals surface area contributed by atoms with Crippen molar-refractivity contribution in [2.45, 2.75) is 11.5 Å². The summed E-state index contributed by atoms with van der Waals surface area (Å²) in [6.45, 7) is 0.415. The molecule has 1 fully saturated rings. The summed E-state index contributed by atoms with van der Waals surface area (Å²) in [5.41, 5.74) is 1.40. The summed E-state index contributed by atoms with van der Waals surface area (Å²) in [6, 6.07) is 18.9. The van der Waals surface area contributed by atoms with E-state index in [1.807, 2.05) is 36.2 Å². The number of hydrogen-bond donors (Lipinski definition) is 3. The van der Waals surface area contributed by atoms with Crippen molar-refractivity contribution in [3.63, 3.8) is 0 Å². The molecular formula is C26H24N2O5. The Morgan fingerprint density at radius 1 is 1.06 bits per heavy atom. The Kier molecular flexibility index (Phi) is 4.87. The second-order valence-corrected chi connectivity index (χ2v) is 8.57. The molecule has 3 unspecified atom stereocenters. The lowest BCUT2D eigenvalue weighted by Gasteiger charge is -2.35. The van der Waals surface area contributed by atoms with Crippen molar-refractivity contribution in [1.29, 1.82) is 0 Å². The van der Waals surface area contributed by atoms with E-state index in [0.29, 0.717) is 29.1 Å². The SMILES string of the molecule is COc1ccc(C(=O)C2C(c3ccc(O)c(O)c3)CN(C)C23C(=O)Nc2ccccc23)cc1. The van der Waals surface area contributed by atoms with E-state index in [1.165, 1.54) is 12.1 Å². The van der Waals surface area contributed by atoms with Crippen molar-refractivity contribution in [2.75, 3.05) is 26.0 Å². The van der Waals surface area contributed by atoms with Gasteiger partial charge in [0.25, 0.3) is 0 Å². The zero-order valence-electron chi connectivity index (χ0n) is 18.3. The topological polar surface area (TPSA) is 99.1 Å². The first-order chi connectivity index (χ1) is 15.9. The van der Waals surface area contributed by atoms with Crippen LogP contribution >= 0.6 is 0 Å². The van der Waals surface area contributed by atoms with Gasteiger partial charge in [-0.05, 0) is 55.1 Å². The highest BCUT2D eigenvalue weighted by molar-refractivity contribution is 6.12. The molecule has 33 heavy (non-hydrogen) atoms. The third-order valence-corrected chi connectivity index (χ3v) is 6.94. The lowest BCUT2D eigenvalue weighted by atomic mass is 9.70. The van der Waals surface area contributed by atoms with Crippen LogP contribution in [0.5, 0.6) is 17.2 Å². The second kappa shape index (κ2) is 7.64. The Morgan fingerprint density at radius 2 is 1.79 bits per heavy atom. The number of aromatic hydroxyl groups is 2. The first kappa shape index (κ1) is 21.0. The van der Waals surface area contributed by atoms with Crippen LogP contribution in [0.4, 0.5) is 5.69 Å². The molecule has 2 heterocycles. The van der Waals surface area contributed by atoms with E-state index in [1.54, 1.807) is 37.4 Å². The van der Waals surface area contributed by atoms with E-state index in [4.69, 9.17) is 4.74 Å². The van der Waals surface area contributed by atoms with Crippen LogP contribution in [0, 0.1) is 5.92 Å². The molecule has 0 saturated carbocycles. The smallest absolute Gasteiger partial charge is 0.250 e. The van der Waals surface area contributed by atoms with Crippen molar-refractivity contribution in [3.05, 3.63) is 83.4 Å². The minimum atomic E-state index is -1.20. The third-order valence-electron chi connectivity index (χ3n) is 6.94. The number of methoxy groups -OCH3 is 1. The highest BCUT2D eigenvalue weighted by Crippen LogP contribution is 2.55. The fraction of sp³-hybridized carbons (Fsp3) is 0.231. The van der Waals surface area contributed by atoms with Gasteiger partial charge < -0.3 is 20.3 Å². The first-order valence-electron chi connectivity index (χ1n) is 10.7. The minimum Gasteiger partial charge on any atom is -0.504 e. The van der Waals surface area contributed by atoms with Gasteiger partial charge >= 0.3 is 0 Å². The summed E-state index contributed by atoms with van der Waals surface area (Å²) in [5.74, 6) is -1.44. The van der Waals surface area contributed by atoms with Gasteiger partial charge in [-0.25, -0.2) is 0 Å². The van der Waals surface area contributed by atoms with Gasteiger partial charge in [-0.2, -0.15) is 0 Å². The van der Waals surface area contributed by atoms with Gasteiger partial charge in [0.2, 0.25) is 5.91 Å². The highest BCUT2D eigenvalue weighted by Gasteiger charge is 2.64. The summed E-state index contributed by atoms with van der Waals surface area (Å²) in [6.07, 6.45) is 0. The number of ether oxygens (including phenoxy) is 1. The van der Waals surface area contributed by atoms with Crippen LogP contribution in [0.3, 0.4) is 0 Å². The zero-order valence-corrected chi connectivity index (χ0v) is 18.3. The molecule has 2 aliphatic heterocycles. The maximum absolute atomic E-state index is 14.1. The predicted octanol–water partition coefficient (Wildman–Crippen LogP) is 3.48. The number of Topliss-reactive ketones (excluding diaryl/α,β-unsaturated/α-hetero) is 1. The maximum atomic E-state index is 14.1. The molecule has 1 spiro atoms. The number of anilines is 1. The molecule has 3 N–H and O–H groups in total. The second-order valence-electron chi connectivity index (χ2n) is 8.57. The maximum Gasteiger partial charge on any atom is 0.250 e. The molecule has 5 rings (SSSR count). The van der Waals surface area contributed by atoms with Gasteiger partial charge in [0.15, 0.2) is 17.3 Å². The summed E-state index contributed by atoms with van der Waals surface area (Å²) < 4.78 is 5.23. The van der Waals surface area contributed by atoms with Crippen LogP contribution in [0.1, 0.15) is 27.4 Å². The van der Waals surface area contributed by atoms with Crippen molar-refractivity contribution < 1.29 is 24.5 Å². The number of likely N-dealkylation sites (tertiary alicyclic amines) is 1. The molecule has 0 radical (unpaired) electrons. The lowest BCUT2D eigenvalue weighted by molar-refractivity contribution is -0.126. The Morgan fingerprint density at radius 3 is 2.48 bits per heavy atom. The standard InChI is InChI=1S/C26H24N2O5/c1-28-14-18(16-9-12-21(29)22(30)13-16)23(24(31)15-7-10-17(33-2)11-8-15)26(28)19-5-3-4-6-20(19)27-25(26)32/h3-13,18,23,29-30H,14H2,1-2H3,(H,27,32). The normalized spacial score (nSPS) is 24.0.